The first-order valence-corrected chi connectivity index (χ1v) is 10.2. The molecule has 29 heavy (non-hydrogen) atoms. The number of hydrogen-bond donors (Lipinski definition) is 2. The number of hydrogen-bond acceptors (Lipinski definition) is 3. The molecule has 2 N–H and O–H groups in total. The van der Waals surface area contributed by atoms with Crippen LogP contribution in [0.25, 0.3) is 11.4 Å². The monoisotopic (exact) mass is 399 g/mol. The Bertz CT molecular complexity index is 1010. The molecule has 0 spiro atoms. The Labute approximate surface area is 172 Å². The smallest absolute Gasteiger partial charge is 0.356 e. The van der Waals surface area contributed by atoms with Crippen molar-refractivity contribution in [3.05, 3.63) is 75.1 Å². The lowest BCUT2D eigenvalue weighted by molar-refractivity contribution is 0.469. The van der Waals surface area contributed by atoms with Crippen molar-refractivity contribution in [2.45, 2.75) is 54.9 Å². The summed E-state index contributed by atoms with van der Waals surface area (Å²) in [5.41, 5.74) is 0.400. The molecule has 6 heteroatoms. The second kappa shape index (κ2) is 10.5. The van der Waals surface area contributed by atoms with Crippen molar-refractivity contribution in [3.8, 4) is 11.4 Å². The number of nitrogens with zero attached hydrogens (tertiary/aromatic N) is 2. The lowest BCUT2D eigenvalue weighted by Crippen LogP contribution is -2.27. The van der Waals surface area contributed by atoms with E-state index in [2.05, 4.69) is 5.10 Å². The summed E-state index contributed by atoms with van der Waals surface area (Å²) in [6.07, 6.45) is 9.97. The summed E-state index contributed by atoms with van der Waals surface area (Å²) in [5.74, 6) is -0.0703. The van der Waals surface area contributed by atoms with Gasteiger partial charge >= 0.3 is 11.4 Å². The van der Waals surface area contributed by atoms with Crippen molar-refractivity contribution in [1.29, 1.82) is 0 Å². The van der Waals surface area contributed by atoms with E-state index in [1.165, 1.54) is 6.07 Å². The summed E-state index contributed by atoms with van der Waals surface area (Å²) in [5, 5.41) is 12.6. The van der Waals surface area contributed by atoms with Crippen molar-refractivity contribution in [3.63, 3.8) is 0 Å². The molecule has 0 aliphatic heterocycles. The zero-order chi connectivity index (χ0) is 22.2. The molecule has 0 bridgehead atoms. The zero-order valence-corrected chi connectivity index (χ0v) is 18.5. The predicted molar refractivity (Wildman–Crippen MR) is 121 cm³/mol. The fraction of sp³-hybridized carbons (Fsp3) is 0.391. The van der Waals surface area contributed by atoms with Gasteiger partial charge in [-0.3, -0.25) is 0 Å². The van der Waals surface area contributed by atoms with Crippen LogP contribution in [0.3, 0.4) is 0 Å². The topological polar surface area (TPSA) is 80.0 Å². The number of aromatic nitrogens is 3. The van der Waals surface area contributed by atoms with Crippen LogP contribution in [0, 0.1) is 5.41 Å². The second-order valence-electron chi connectivity index (χ2n) is 6.65. The number of nitrogens with one attached hydrogen (secondary N) is 1. The zero-order valence-electron chi connectivity index (χ0n) is 18.5. The maximum Gasteiger partial charge on any atom is 0.356 e. The van der Waals surface area contributed by atoms with Crippen LogP contribution in [0.15, 0.2) is 58.2 Å². The van der Waals surface area contributed by atoms with E-state index in [4.69, 9.17) is 0 Å². The minimum Gasteiger partial charge on any atom is -0.506 e. The number of phenolic OH excluding ortho intramolecular Hbond substituents is 1. The van der Waals surface area contributed by atoms with Gasteiger partial charge in [0.05, 0.1) is 5.70 Å². The number of aromatic amines is 1. The van der Waals surface area contributed by atoms with Crippen molar-refractivity contribution < 1.29 is 5.11 Å². The highest BCUT2D eigenvalue weighted by Gasteiger charge is 2.17. The summed E-state index contributed by atoms with van der Waals surface area (Å²) >= 11 is 0. The highest BCUT2D eigenvalue weighted by Crippen LogP contribution is 2.24. The van der Waals surface area contributed by atoms with Crippen LogP contribution in [0.5, 0.6) is 5.75 Å². The molecule has 0 radical (unpaired) electrons. The molecule has 3 rings (SSSR count). The average molecular weight is 400 g/mol. The Morgan fingerprint density at radius 3 is 2.34 bits per heavy atom. The lowest BCUT2D eigenvalue weighted by Gasteiger charge is -2.12. The average Bonchev–Trinajstić information content (AvgIpc) is 2.89. The van der Waals surface area contributed by atoms with E-state index in [1.54, 1.807) is 24.3 Å². The molecule has 1 aliphatic carbocycles. The summed E-state index contributed by atoms with van der Waals surface area (Å²) in [6.45, 7) is 14.0. The van der Waals surface area contributed by atoms with E-state index < -0.39 is 11.4 Å². The fourth-order valence-electron chi connectivity index (χ4n) is 2.69. The van der Waals surface area contributed by atoms with Crippen molar-refractivity contribution in [2.24, 2.45) is 5.41 Å². The largest absolute Gasteiger partial charge is 0.506 e. The van der Waals surface area contributed by atoms with Gasteiger partial charge in [-0.25, -0.2) is 19.3 Å². The summed E-state index contributed by atoms with van der Waals surface area (Å²) in [4.78, 5) is 25.2. The lowest BCUT2D eigenvalue weighted by atomic mass is 9.93. The van der Waals surface area contributed by atoms with Gasteiger partial charge in [0.2, 0.25) is 0 Å². The van der Waals surface area contributed by atoms with E-state index in [-0.39, 0.29) is 16.9 Å². The molecule has 2 aromatic rings. The molecule has 0 saturated carbocycles. The quantitative estimate of drug-likeness (QED) is 0.789. The third-order valence-corrected chi connectivity index (χ3v) is 4.22. The maximum atomic E-state index is 12.8. The first kappa shape index (κ1) is 24.0. The molecule has 1 aromatic heterocycles. The van der Waals surface area contributed by atoms with Gasteiger partial charge < -0.3 is 5.11 Å². The van der Waals surface area contributed by atoms with Crippen molar-refractivity contribution in [2.75, 3.05) is 0 Å². The highest BCUT2D eigenvalue weighted by atomic mass is 16.3. The standard InChI is InChI=1S/C19H21N3O3.2C2H6/c1-4-13-7-8-16(23)15(12-13)22-18(25)21(17(24)20-22)14-6-5-10-19(2,3)11-9-14;2*1-2/h5-12,23H,4H2,1-3H3,(H,20,24);2*1-2H3. The number of rotatable bonds is 3. The third-order valence-electron chi connectivity index (χ3n) is 4.22. The Morgan fingerprint density at radius 2 is 1.72 bits per heavy atom. The molecule has 1 heterocycles. The first-order chi connectivity index (χ1) is 13.8. The van der Waals surface area contributed by atoms with Crippen LogP contribution in [-0.2, 0) is 6.42 Å². The summed E-state index contributed by atoms with van der Waals surface area (Å²) < 4.78 is 2.13. The van der Waals surface area contributed by atoms with Gasteiger partial charge in [0.15, 0.2) is 0 Å². The van der Waals surface area contributed by atoms with Crippen LogP contribution < -0.4 is 11.4 Å². The highest BCUT2D eigenvalue weighted by molar-refractivity contribution is 5.60. The molecule has 0 amide bonds. The van der Waals surface area contributed by atoms with Gasteiger partial charge in [-0.15, -0.1) is 0 Å². The van der Waals surface area contributed by atoms with Gasteiger partial charge in [-0.1, -0.05) is 72.8 Å². The minimum absolute atomic E-state index is 0.0703. The number of phenols is 1. The van der Waals surface area contributed by atoms with E-state index in [9.17, 15) is 14.7 Å². The van der Waals surface area contributed by atoms with Crippen LogP contribution in [0.4, 0.5) is 0 Å². The summed E-state index contributed by atoms with van der Waals surface area (Å²) in [7, 11) is 0. The Hall–Kier alpha value is -3.02. The molecule has 1 aliphatic rings. The Morgan fingerprint density at radius 1 is 1.07 bits per heavy atom. The maximum absolute atomic E-state index is 12.8. The van der Waals surface area contributed by atoms with Gasteiger partial charge in [0.1, 0.15) is 11.4 Å². The summed E-state index contributed by atoms with van der Waals surface area (Å²) in [6, 6.07) is 4.99. The van der Waals surface area contributed by atoms with Gasteiger partial charge in [0.25, 0.3) is 0 Å². The second-order valence-corrected chi connectivity index (χ2v) is 6.65. The third kappa shape index (κ3) is 5.50. The molecule has 0 saturated heterocycles. The van der Waals surface area contributed by atoms with Gasteiger partial charge in [0, 0.05) is 5.41 Å². The number of aromatic hydroxyl groups is 1. The van der Waals surface area contributed by atoms with E-state index >= 15 is 0 Å². The number of allylic oxidation sites excluding steroid dienone is 6. The minimum atomic E-state index is -0.560. The van der Waals surface area contributed by atoms with Crippen LogP contribution >= 0.6 is 0 Å². The van der Waals surface area contributed by atoms with Crippen LogP contribution in [-0.4, -0.2) is 19.5 Å². The number of H-pyrrole nitrogens is 1. The van der Waals surface area contributed by atoms with E-state index in [0.29, 0.717) is 5.70 Å². The predicted octanol–water partition coefficient (Wildman–Crippen LogP) is 4.64. The molecule has 0 fully saturated rings. The fourth-order valence-corrected chi connectivity index (χ4v) is 2.69. The molecule has 1 aromatic carbocycles. The Balaban J connectivity index is 0.000000989. The first-order valence-electron chi connectivity index (χ1n) is 10.2. The van der Waals surface area contributed by atoms with Crippen molar-refractivity contribution >= 4 is 5.70 Å². The van der Waals surface area contributed by atoms with Gasteiger partial charge in [-0.2, -0.15) is 4.68 Å². The van der Waals surface area contributed by atoms with Crippen molar-refractivity contribution in [1.82, 2.24) is 14.3 Å². The molecular formula is C23H33N3O3. The van der Waals surface area contributed by atoms with Crippen LogP contribution in [0.1, 0.15) is 54.0 Å². The molecule has 6 nitrogen and oxygen atoms in total. The number of benzene rings is 1. The normalized spacial score (nSPS) is 14.1. The molecule has 0 unspecified atom stereocenters. The van der Waals surface area contributed by atoms with E-state index in [0.717, 1.165) is 21.2 Å². The SMILES string of the molecule is CC.CC.CCc1ccc(O)c(-n2[nH]c(=O)n(C3=CC=CC(C)(C)C=C3)c2=O)c1. The molecular weight excluding hydrogens is 366 g/mol. The Kier molecular flexibility index (Phi) is 8.70. The van der Waals surface area contributed by atoms with E-state index in [1.807, 2.05) is 66.7 Å². The molecule has 158 valence electrons. The van der Waals surface area contributed by atoms with Crippen LogP contribution in [0.2, 0.25) is 0 Å². The van der Waals surface area contributed by atoms with Gasteiger partial charge in [-0.05, 0) is 36.3 Å². The molecule has 0 atom stereocenters. The number of aryl methyl sites for hydroxylation is 1.